The van der Waals surface area contributed by atoms with E-state index in [9.17, 15) is 4.79 Å². The summed E-state index contributed by atoms with van der Waals surface area (Å²) < 4.78 is 0. The van der Waals surface area contributed by atoms with Crippen molar-refractivity contribution < 1.29 is 4.79 Å². The summed E-state index contributed by atoms with van der Waals surface area (Å²) in [6, 6.07) is 0.465. The summed E-state index contributed by atoms with van der Waals surface area (Å²) in [6.45, 7) is 11.1. The number of hydrogen-bond acceptors (Lipinski definition) is 3. The first-order valence-corrected chi connectivity index (χ1v) is 9.75. The van der Waals surface area contributed by atoms with Crippen LogP contribution in [-0.2, 0) is 4.79 Å². The standard InChI is InChI=1S/C17H32N2OS/c1-6-12(5)15-17(20)19(16(18-15)11(3)4)13-9-8-10-14(13)21-7-2/h11-16,18H,6-10H2,1-5H3. The molecule has 0 spiro atoms. The summed E-state index contributed by atoms with van der Waals surface area (Å²) in [5.74, 6) is 2.40. The molecule has 21 heavy (non-hydrogen) atoms. The van der Waals surface area contributed by atoms with E-state index < -0.39 is 0 Å². The number of nitrogens with one attached hydrogen (secondary N) is 1. The zero-order valence-electron chi connectivity index (χ0n) is 14.3. The van der Waals surface area contributed by atoms with Crippen LogP contribution in [0.15, 0.2) is 0 Å². The van der Waals surface area contributed by atoms with E-state index in [2.05, 4.69) is 44.8 Å². The number of carbonyl (C=O) groups excluding carboxylic acids is 1. The highest BCUT2D eigenvalue weighted by Crippen LogP contribution is 2.37. The van der Waals surface area contributed by atoms with Gasteiger partial charge in [0.05, 0.1) is 12.2 Å². The molecule has 1 amide bonds. The van der Waals surface area contributed by atoms with Crippen molar-refractivity contribution in [3.63, 3.8) is 0 Å². The second-order valence-corrected chi connectivity index (χ2v) is 8.47. The van der Waals surface area contributed by atoms with Crippen LogP contribution >= 0.6 is 11.8 Å². The third kappa shape index (κ3) is 3.42. The molecule has 1 aliphatic carbocycles. The van der Waals surface area contributed by atoms with Gasteiger partial charge in [-0.3, -0.25) is 10.1 Å². The first kappa shape index (κ1) is 17.1. The Morgan fingerprint density at radius 2 is 2.00 bits per heavy atom. The number of rotatable bonds is 6. The maximum Gasteiger partial charge on any atom is 0.241 e. The van der Waals surface area contributed by atoms with Crippen molar-refractivity contribution in [2.45, 2.75) is 83.8 Å². The Kier molecular flexibility index (Phi) is 6.01. The van der Waals surface area contributed by atoms with Gasteiger partial charge in [0.2, 0.25) is 5.91 Å². The average molecular weight is 313 g/mol. The molecular weight excluding hydrogens is 280 g/mol. The molecule has 3 nitrogen and oxygen atoms in total. The van der Waals surface area contributed by atoms with Gasteiger partial charge in [0, 0.05) is 11.3 Å². The van der Waals surface area contributed by atoms with E-state index >= 15 is 0 Å². The summed E-state index contributed by atoms with van der Waals surface area (Å²) in [4.78, 5) is 15.2. The van der Waals surface area contributed by atoms with Gasteiger partial charge < -0.3 is 4.90 Å². The van der Waals surface area contributed by atoms with Gasteiger partial charge in [0.1, 0.15) is 0 Å². The SMILES string of the molecule is CCSC1CCCC1N1C(=O)C(C(C)CC)NC1C(C)C. The molecule has 1 heterocycles. The van der Waals surface area contributed by atoms with E-state index in [4.69, 9.17) is 0 Å². The molecule has 1 saturated heterocycles. The Bertz CT molecular complexity index is 361. The molecule has 2 fully saturated rings. The summed E-state index contributed by atoms with van der Waals surface area (Å²) in [5, 5.41) is 4.28. The first-order valence-electron chi connectivity index (χ1n) is 8.71. The molecule has 2 rings (SSSR count). The van der Waals surface area contributed by atoms with Gasteiger partial charge in [0.25, 0.3) is 0 Å². The van der Waals surface area contributed by atoms with Crippen LogP contribution in [0.1, 0.15) is 60.3 Å². The zero-order chi connectivity index (χ0) is 15.6. The summed E-state index contributed by atoms with van der Waals surface area (Å²) >= 11 is 2.04. The molecule has 122 valence electrons. The molecule has 5 atom stereocenters. The molecule has 5 unspecified atom stereocenters. The second kappa shape index (κ2) is 7.36. The third-order valence-corrected chi connectivity index (χ3v) is 6.48. The summed E-state index contributed by atoms with van der Waals surface area (Å²) in [5.41, 5.74) is 0. The summed E-state index contributed by atoms with van der Waals surface area (Å²) in [7, 11) is 0. The van der Waals surface area contributed by atoms with E-state index in [1.54, 1.807) is 0 Å². The minimum Gasteiger partial charge on any atom is -0.321 e. The average Bonchev–Trinajstić information content (AvgIpc) is 3.02. The van der Waals surface area contributed by atoms with Crippen LogP contribution in [0.5, 0.6) is 0 Å². The van der Waals surface area contributed by atoms with Gasteiger partial charge >= 0.3 is 0 Å². The van der Waals surface area contributed by atoms with Gasteiger partial charge in [-0.2, -0.15) is 11.8 Å². The van der Waals surface area contributed by atoms with Gasteiger partial charge in [-0.15, -0.1) is 0 Å². The molecule has 0 radical (unpaired) electrons. The monoisotopic (exact) mass is 312 g/mol. The molecule has 0 aromatic carbocycles. The molecule has 0 bridgehead atoms. The fourth-order valence-corrected chi connectivity index (χ4v) is 5.04. The molecule has 0 aromatic heterocycles. The number of nitrogens with zero attached hydrogens (tertiary/aromatic N) is 1. The van der Waals surface area contributed by atoms with E-state index in [-0.39, 0.29) is 12.2 Å². The molecule has 1 saturated carbocycles. The minimum atomic E-state index is 0.0234. The largest absolute Gasteiger partial charge is 0.321 e. The van der Waals surface area contributed by atoms with Gasteiger partial charge in [0.15, 0.2) is 0 Å². The lowest BCUT2D eigenvalue weighted by Gasteiger charge is -2.35. The van der Waals surface area contributed by atoms with Crippen LogP contribution in [-0.4, -0.2) is 40.1 Å². The Morgan fingerprint density at radius 3 is 2.57 bits per heavy atom. The molecule has 1 N–H and O–H groups in total. The van der Waals surface area contributed by atoms with Crippen LogP contribution in [0.4, 0.5) is 0 Å². The van der Waals surface area contributed by atoms with Gasteiger partial charge in [-0.05, 0) is 30.4 Å². The minimum absolute atomic E-state index is 0.0234. The van der Waals surface area contributed by atoms with Crippen molar-refractivity contribution in [3.8, 4) is 0 Å². The Balaban J connectivity index is 2.20. The fourth-order valence-electron chi connectivity index (χ4n) is 3.79. The lowest BCUT2D eigenvalue weighted by Crippen LogP contribution is -2.49. The quantitative estimate of drug-likeness (QED) is 0.815. The second-order valence-electron chi connectivity index (χ2n) is 6.96. The van der Waals surface area contributed by atoms with Crippen molar-refractivity contribution >= 4 is 17.7 Å². The van der Waals surface area contributed by atoms with Crippen LogP contribution in [0.25, 0.3) is 0 Å². The van der Waals surface area contributed by atoms with Gasteiger partial charge in [-0.1, -0.05) is 47.5 Å². The lowest BCUT2D eigenvalue weighted by atomic mass is 9.99. The number of carbonyl (C=O) groups is 1. The highest BCUT2D eigenvalue weighted by molar-refractivity contribution is 7.99. The first-order chi connectivity index (χ1) is 10.0. The topological polar surface area (TPSA) is 32.3 Å². The molecule has 1 aliphatic heterocycles. The molecule has 0 aromatic rings. The van der Waals surface area contributed by atoms with E-state index in [0.717, 1.165) is 12.2 Å². The predicted octanol–water partition coefficient (Wildman–Crippen LogP) is 3.49. The van der Waals surface area contributed by atoms with Crippen molar-refractivity contribution in [1.82, 2.24) is 10.2 Å². The molecule has 2 aliphatic rings. The lowest BCUT2D eigenvalue weighted by molar-refractivity contribution is -0.133. The number of hydrogen-bond donors (Lipinski definition) is 1. The molecular formula is C17H32N2OS. The van der Waals surface area contributed by atoms with Crippen molar-refractivity contribution in [1.29, 1.82) is 0 Å². The van der Waals surface area contributed by atoms with E-state index in [0.29, 0.717) is 29.0 Å². The number of thioether (sulfide) groups is 1. The highest BCUT2D eigenvalue weighted by atomic mass is 32.2. The molecule has 4 heteroatoms. The van der Waals surface area contributed by atoms with Crippen LogP contribution in [0.3, 0.4) is 0 Å². The highest BCUT2D eigenvalue weighted by Gasteiger charge is 2.47. The van der Waals surface area contributed by atoms with Gasteiger partial charge in [-0.25, -0.2) is 0 Å². The van der Waals surface area contributed by atoms with Crippen LogP contribution in [0, 0.1) is 11.8 Å². The van der Waals surface area contributed by atoms with E-state index in [1.165, 1.54) is 19.3 Å². The summed E-state index contributed by atoms with van der Waals surface area (Å²) in [6.07, 6.45) is 5.00. The normalized spacial score (nSPS) is 35.0. The fraction of sp³-hybridized carbons (Fsp3) is 0.941. The Morgan fingerprint density at radius 1 is 1.29 bits per heavy atom. The number of amides is 1. The van der Waals surface area contributed by atoms with Crippen LogP contribution < -0.4 is 5.32 Å². The third-order valence-electron chi connectivity index (χ3n) is 5.17. The maximum atomic E-state index is 13.0. The van der Waals surface area contributed by atoms with Crippen molar-refractivity contribution in [2.75, 3.05) is 5.75 Å². The smallest absolute Gasteiger partial charge is 0.241 e. The Labute approximate surface area is 134 Å². The predicted molar refractivity (Wildman–Crippen MR) is 91.4 cm³/mol. The van der Waals surface area contributed by atoms with Crippen LogP contribution in [0.2, 0.25) is 0 Å². The zero-order valence-corrected chi connectivity index (χ0v) is 15.1. The Hall–Kier alpha value is -0.220. The van der Waals surface area contributed by atoms with E-state index in [1.807, 2.05) is 11.8 Å². The van der Waals surface area contributed by atoms with Crippen molar-refractivity contribution in [2.24, 2.45) is 11.8 Å². The maximum absolute atomic E-state index is 13.0. The van der Waals surface area contributed by atoms with Crippen molar-refractivity contribution in [3.05, 3.63) is 0 Å².